The number of aromatic amines is 1. The minimum atomic E-state index is -0.440. The van der Waals surface area contributed by atoms with Crippen molar-refractivity contribution >= 4 is 34.9 Å². The molecule has 7 nitrogen and oxygen atoms in total. The molecule has 25 heavy (non-hydrogen) atoms. The summed E-state index contributed by atoms with van der Waals surface area (Å²) < 4.78 is 4.31. The van der Waals surface area contributed by atoms with E-state index in [2.05, 4.69) is 9.69 Å². The summed E-state index contributed by atoms with van der Waals surface area (Å²) in [5, 5.41) is 2.56. The van der Waals surface area contributed by atoms with Gasteiger partial charge in [-0.1, -0.05) is 23.1 Å². The molecule has 2 aromatic heterocycles. The molecule has 2 amide bonds. The number of carbonyl (C=O) groups is 2. The molecule has 1 atom stereocenters. The van der Waals surface area contributed by atoms with Gasteiger partial charge in [-0.15, -0.1) is 0 Å². The van der Waals surface area contributed by atoms with E-state index >= 15 is 0 Å². The number of hydrogen-bond donors (Lipinski definition) is 2. The number of likely N-dealkylation sites (tertiary alicyclic amines) is 1. The minimum absolute atomic E-state index is 0.0581. The van der Waals surface area contributed by atoms with Crippen LogP contribution in [-0.4, -0.2) is 39.2 Å². The smallest absolute Gasteiger partial charge is 0.277 e. The summed E-state index contributed by atoms with van der Waals surface area (Å²) in [5.74, 6) is -0.421. The molecule has 0 aliphatic carbocycles. The quantitative estimate of drug-likeness (QED) is 0.852. The molecule has 1 aliphatic heterocycles. The number of aromatic nitrogens is 2. The highest BCUT2D eigenvalue weighted by Crippen LogP contribution is 2.34. The second-order valence-electron chi connectivity index (χ2n) is 5.97. The second kappa shape index (κ2) is 7.05. The van der Waals surface area contributed by atoms with E-state index in [9.17, 15) is 14.4 Å². The number of rotatable bonds is 3. The molecular formula is C16H19ClN4O3S. The van der Waals surface area contributed by atoms with E-state index in [0.29, 0.717) is 12.2 Å². The van der Waals surface area contributed by atoms with Crippen molar-refractivity contribution < 1.29 is 9.59 Å². The summed E-state index contributed by atoms with van der Waals surface area (Å²) in [7, 11) is 3.40. The van der Waals surface area contributed by atoms with Crippen LogP contribution in [0.2, 0.25) is 5.02 Å². The van der Waals surface area contributed by atoms with Gasteiger partial charge in [-0.05, 0) is 31.4 Å². The third-order valence-electron chi connectivity index (χ3n) is 4.56. The van der Waals surface area contributed by atoms with E-state index in [4.69, 9.17) is 11.6 Å². The number of nitrogens with one attached hydrogen (secondary N) is 2. The zero-order chi connectivity index (χ0) is 18.1. The molecule has 3 rings (SSSR count). The summed E-state index contributed by atoms with van der Waals surface area (Å²) in [4.78, 5) is 38.4. The Balaban J connectivity index is 1.96. The monoisotopic (exact) mass is 382 g/mol. The molecule has 1 saturated heterocycles. The minimum Gasteiger partial charge on any atom is -0.354 e. The largest absolute Gasteiger partial charge is 0.354 e. The first-order chi connectivity index (χ1) is 12.0. The van der Waals surface area contributed by atoms with E-state index in [-0.39, 0.29) is 27.8 Å². The first-order valence-electron chi connectivity index (χ1n) is 8.01. The first-order valence-corrected chi connectivity index (χ1v) is 9.20. The molecule has 3 heterocycles. The molecule has 1 unspecified atom stereocenters. The molecule has 1 fully saturated rings. The molecule has 2 aromatic rings. The van der Waals surface area contributed by atoms with Gasteiger partial charge in [0, 0.05) is 26.3 Å². The SMILES string of the molecule is CNC(=O)c1ccc(C2CCCCN2C(=O)c2s[nH]c(=O)c2Cl)n1C. The highest BCUT2D eigenvalue weighted by molar-refractivity contribution is 7.08. The summed E-state index contributed by atoms with van der Waals surface area (Å²) in [6.07, 6.45) is 2.69. The van der Waals surface area contributed by atoms with Crippen LogP contribution in [0.4, 0.5) is 0 Å². The van der Waals surface area contributed by atoms with Crippen LogP contribution in [0, 0.1) is 0 Å². The topological polar surface area (TPSA) is 87.2 Å². The predicted molar refractivity (Wildman–Crippen MR) is 96.4 cm³/mol. The van der Waals surface area contributed by atoms with Crippen LogP contribution >= 0.6 is 23.1 Å². The molecule has 0 radical (unpaired) electrons. The molecule has 9 heteroatoms. The van der Waals surface area contributed by atoms with E-state index in [1.165, 1.54) is 0 Å². The van der Waals surface area contributed by atoms with Crippen LogP contribution in [0.1, 0.15) is 51.2 Å². The zero-order valence-corrected chi connectivity index (χ0v) is 15.5. The Labute approximate surface area is 153 Å². The van der Waals surface area contributed by atoms with Crippen molar-refractivity contribution in [3.8, 4) is 0 Å². The number of H-pyrrole nitrogens is 1. The predicted octanol–water partition coefficient (Wildman–Crippen LogP) is 2.16. The van der Waals surface area contributed by atoms with Crippen molar-refractivity contribution in [2.75, 3.05) is 13.6 Å². The normalized spacial score (nSPS) is 17.6. The molecule has 0 saturated carbocycles. The Bertz CT molecular complexity index is 869. The number of carbonyl (C=O) groups excluding carboxylic acids is 2. The standard InChI is InChI=1S/C16H19ClN4O3S/c1-18-14(22)11-7-6-9(20(11)2)10-5-3-4-8-21(10)16(24)13-12(17)15(23)19-25-13/h6-7,10H,3-5,8H2,1-2H3,(H,18,22)(H,19,23). The third kappa shape index (κ3) is 3.11. The van der Waals surface area contributed by atoms with Crippen LogP contribution in [0.5, 0.6) is 0 Å². The van der Waals surface area contributed by atoms with Gasteiger partial charge in [-0.3, -0.25) is 18.8 Å². The fourth-order valence-corrected chi connectivity index (χ4v) is 4.24. The van der Waals surface area contributed by atoms with Crippen molar-refractivity contribution in [1.82, 2.24) is 19.2 Å². The van der Waals surface area contributed by atoms with Gasteiger partial charge >= 0.3 is 0 Å². The Hall–Kier alpha value is -2.06. The first kappa shape index (κ1) is 17.8. The Kier molecular flexibility index (Phi) is 5.01. The third-order valence-corrected chi connectivity index (χ3v) is 5.91. The van der Waals surface area contributed by atoms with Gasteiger partial charge in [0.25, 0.3) is 17.4 Å². The van der Waals surface area contributed by atoms with Gasteiger partial charge in [0.15, 0.2) is 0 Å². The van der Waals surface area contributed by atoms with Crippen LogP contribution in [0.15, 0.2) is 16.9 Å². The highest BCUT2D eigenvalue weighted by atomic mass is 35.5. The van der Waals surface area contributed by atoms with Gasteiger partial charge in [0.1, 0.15) is 15.6 Å². The van der Waals surface area contributed by atoms with Crippen LogP contribution in [0.25, 0.3) is 0 Å². The Morgan fingerprint density at radius 1 is 1.36 bits per heavy atom. The number of halogens is 1. The average molecular weight is 383 g/mol. The lowest BCUT2D eigenvalue weighted by Gasteiger charge is -2.36. The molecule has 0 aromatic carbocycles. The molecule has 0 spiro atoms. The molecule has 1 aliphatic rings. The summed E-state index contributed by atoms with van der Waals surface area (Å²) in [6.45, 7) is 0.590. The maximum absolute atomic E-state index is 12.9. The van der Waals surface area contributed by atoms with Crippen molar-refractivity contribution in [3.63, 3.8) is 0 Å². The Morgan fingerprint density at radius 3 is 2.76 bits per heavy atom. The zero-order valence-electron chi connectivity index (χ0n) is 14.0. The van der Waals surface area contributed by atoms with Crippen LogP contribution in [-0.2, 0) is 7.05 Å². The second-order valence-corrected chi connectivity index (χ2v) is 7.16. The van der Waals surface area contributed by atoms with Gasteiger partial charge in [-0.2, -0.15) is 0 Å². The summed E-state index contributed by atoms with van der Waals surface area (Å²) in [6, 6.07) is 3.48. The summed E-state index contributed by atoms with van der Waals surface area (Å²) >= 11 is 6.93. The maximum atomic E-state index is 12.9. The van der Waals surface area contributed by atoms with E-state index in [0.717, 1.165) is 36.5 Å². The lowest BCUT2D eigenvalue weighted by atomic mass is 9.99. The van der Waals surface area contributed by atoms with Crippen molar-refractivity contribution in [1.29, 1.82) is 0 Å². The van der Waals surface area contributed by atoms with E-state index in [1.54, 1.807) is 18.0 Å². The van der Waals surface area contributed by atoms with E-state index in [1.807, 2.05) is 17.7 Å². The number of piperidine rings is 1. The molecule has 0 bridgehead atoms. The van der Waals surface area contributed by atoms with Crippen molar-refractivity contribution in [2.24, 2.45) is 7.05 Å². The lowest BCUT2D eigenvalue weighted by Crippen LogP contribution is -2.39. The van der Waals surface area contributed by atoms with Gasteiger partial charge in [-0.25, -0.2) is 0 Å². The molecule has 134 valence electrons. The highest BCUT2D eigenvalue weighted by Gasteiger charge is 2.33. The lowest BCUT2D eigenvalue weighted by molar-refractivity contribution is 0.0607. The van der Waals surface area contributed by atoms with Crippen LogP contribution in [0.3, 0.4) is 0 Å². The molecular weight excluding hydrogens is 364 g/mol. The number of hydrogen-bond acceptors (Lipinski definition) is 4. The van der Waals surface area contributed by atoms with Gasteiger partial charge < -0.3 is 14.8 Å². The number of amides is 2. The van der Waals surface area contributed by atoms with Crippen LogP contribution < -0.4 is 10.9 Å². The Morgan fingerprint density at radius 2 is 2.12 bits per heavy atom. The van der Waals surface area contributed by atoms with E-state index < -0.39 is 5.56 Å². The summed E-state index contributed by atoms with van der Waals surface area (Å²) in [5.41, 5.74) is 0.995. The van der Waals surface area contributed by atoms with Gasteiger partial charge in [0.05, 0.1) is 6.04 Å². The van der Waals surface area contributed by atoms with Crippen molar-refractivity contribution in [3.05, 3.63) is 43.8 Å². The van der Waals surface area contributed by atoms with Crippen molar-refractivity contribution in [2.45, 2.75) is 25.3 Å². The average Bonchev–Trinajstić information content (AvgIpc) is 3.17. The molecule has 2 N–H and O–H groups in total. The maximum Gasteiger partial charge on any atom is 0.277 e. The van der Waals surface area contributed by atoms with Gasteiger partial charge in [0.2, 0.25) is 0 Å². The fraction of sp³-hybridized carbons (Fsp3) is 0.438. The fourth-order valence-electron chi connectivity index (χ4n) is 3.26. The number of nitrogens with zero attached hydrogens (tertiary/aromatic N) is 2.